The van der Waals surface area contributed by atoms with Crippen LogP contribution in [-0.2, 0) is 14.8 Å². The van der Waals surface area contributed by atoms with Crippen LogP contribution in [0.4, 0.5) is 0 Å². The Morgan fingerprint density at radius 1 is 1.08 bits per heavy atom. The van der Waals surface area contributed by atoms with Crippen molar-refractivity contribution in [1.82, 2.24) is 14.5 Å². The number of likely N-dealkylation sites (tertiary alicyclic amines) is 1. The average Bonchev–Trinajstić information content (AvgIpc) is 2.87. The van der Waals surface area contributed by atoms with E-state index in [1.165, 1.54) is 43.1 Å². The Labute approximate surface area is 147 Å². The maximum absolute atomic E-state index is 12.3. The van der Waals surface area contributed by atoms with E-state index < -0.39 is 10.0 Å². The van der Waals surface area contributed by atoms with Crippen molar-refractivity contribution in [2.75, 3.05) is 45.0 Å². The minimum Gasteiger partial charge on any atom is -0.356 e. The lowest BCUT2D eigenvalue weighted by atomic mass is 9.99. The SMILES string of the molecule is CCS(=O)(=O)N1CCC[C@H](C(=O)NCCCN2CCCCCC2)C1. The van der Waals surface area contributed by atoms with Gasteiger partial charge in [0.15, 0.2) is 0 Å². The zero-order valence-electron chi connectivity index (χ0n) is 15.0. The largest absolute Gasteiger partial charge is 0.356 e. The molecule has 0 bridgehead atoms. The second kappa shape index (κ2) is 9.73. The number of sulfonamides is 1. The summed E-state index contributed by atoms with van der Waals surface area (Å²) in [5.74, 6) is -0.0721. The molecule has 0 aromatic carbocycles. The van der Waals surface area contributed by atoms with Gasteiger partial charge < -0.3 is 10.2 Å². The Bertz CT molecular complexity index is 487. The fraction of sp³-hybridized carbons (Fsp3) is 0.941. The van der Waals surface area contributed by atoms with Gasteiger partial charge in [0.2, 0.25) is 15.9 Å². The number of rotatable bonds is 7. The number of nitrogens with zero attached hydrogens (tertiary/aromatic N) is 2. The molecule has 0 radical (unpaired) electrons. The molecule has 2 aliphatic heterocycles. The predicted molar refractivity (Wildman–Crippen MR) is 96.3 cm³/mol. The van der Waals surface area contributed by atoms with E-state index in [1.54, 1.807) is 6.92 Å². The molecule has 2 rings (SSSR count). The fourth-order valence-electron chi connectivity index (χ4n) is 3.61. The average molecular weight is 360 g/mol. The summed E-state index contributed by atoms with van der Waals surface area (Å²) >= 11 is 0. The van der Waals surface area contributed by atoms with Gasteiger partial charge in [0.25, 0.3) is 0 Å². The highest BCUT2D eigenvalue weighted by Crippen LogP contribution is 2.19. The minimum atomic E-state index is -3.18. The molecule has 2 aliphatic rings. The maximum atomic E-state index is 12.3. The van der Waals surface area contributed by atoms with Gasteiger partial charge in [-0.1, -0.05) is 12.8 Å². The third-order valence-electron chi connectivity index (χ3n) is 5.16. The molecule has 140 valence electrons. The molecule has 2 fully saturated rings. The zero-order chi connectivity index (χ0) is 17.4. The zero-order valence-corrected chi connectivity index (χ0v) is 15.8. The van der Waals surface area contributed by atoms with Crippen LogP contribution in [0.5, 0.6) is 0 Å². The minimum absolute atomic E-state index is 0.0156. The first-order valence-electron chi connectivity index (χ1n) is 9.51. The van der Waals surface area contributed by atoms with Crippen LogP contribution in [0.1, 0.15) is 51.9 Å². The number of hydrogen-bond acceptors (Lipinski definition) is 4. The molecule has 0 aliphatic carbocycles. The van der Waals surface area contributed by atoms with E-state index in [9.17, 15) is 13.2 Å². The van der Waals surface area contributed by atoms with Crippen molar-refractivity contribution in [3.8, 4) is 0 Å². The van der Waals surface area contributed by atoms with Gasteiger partial charge in [-0.2, -0.15) is 0 Å². The third kappa shape index (κ3) is 6.01. The van der Waals surface area contributed by atoms with Gasteiger partial charge in [0.05, 0.1) is 11.7 Å². The highest BCUT2D eigenvalue weighted by atomic mass is 32.2. The molecule has 24 heavy (non-hydrogen) atoms. The van der Waals surface area contributed by atoms with Gasteiger partial charge in [0.1, 0.15) is 0 Å². The standard InChI is InChI=1S/C17H33N3O3S/c1-2-24(22,23)20-14-7-9-16(15-20)17(21)18-10-8-13-19-11-5-3-4-6-12-19/h16H,2-15H2,1H3,(H,18,21)/t16-/m0/s1. The van der Waals surface area contributed by atoms with Crippen LogP contribution in [0.3, 0.4) is 0 Å². The van der Waals surface area contributed by atoms with E-state index in [-0.39, 0.29) is 17.6 Å². The molecule has 0 spiro atoms. The molecule has 7 heteroatoms. The molecular weight excluding hydrogens is 326 g/mol. The van der Waals surface area contributed by atoms with E-state index >= 15 is 0 Å². The van der Waals surface area contributed by atoms with E-state index in [0.29, 0.717) is 19.6 Å². The van der Waals surface area contributed by atoms with Crippen LogP contribution >= 0.6 is 0 Å². The Morgan fingerprint density at radius 2 is 1.79 bits per heavy atom. The lowest BCUT2D eigenvalue weighted by molar-refractivity contribution is -0.126. The summed E-state index contributed by atoms with van der Waals surface area (Å²) in [6.45, 7) is 6.64. The van der Waals surface area contributed by atoms with Gasteiger partial charge in [-0.25, -0.2) is 12.7 Å². The number of carbonyl (C=O) groups is 1. The summed E-state index contributed by atoms with van der Waals surface area (Å²) in [4.78, 5) is 14.8. The van der Waals surface area contributed by atoms with Gasteiger partial charge in [0, 0.05) is 19.6 Å². The Morgan fingerprint density at radius 3 is 2.46 bits per heavy atom. The second-order valence-corrected chi connectivity index (χ2v) is 9.26. The molecule has 0 aromatic heterocycles. The van der Waals surface area contributed by atoms with Crippen molar-refractivity contribution < 1.29 is 13.2 Å². The van der Waals surface area contributed by atoms with E-state index in [2.05, 4.69) is 10.2 Å². The molecular formula is C17H33N3O3S. The van der Waals surface area contributed by atoms with Gasteiger partial charge in [-0.05, 0) is 58.7 Å². The highest BCUT2D eigenvalue weighted by molar-refractivity contribution is 7.89. The monoisotopic (exact) mass is 359 g/mol. The lowest BCUT2D eigenvalue weighted by Gasteiger charge is -2.31. The highest BCUT2D eigenvalue weighted by Gasteiger charge is 2.31. The number of amides is 1. The predicted octanol–water partition coefficient (Wildman–Crippen LogP) is 1.43. The number of piperidine rings is 1. The summed E-state index contributed by atoms with van der Waals surface area (Å²) < 4.78 is 25.4. The normalized spacial score (nSPS) is 24.5. The molecule has 0 unspecified atom stereocenters. The van der Waals surface area contributed by atoms with Gasteiger partial charge in [-0.3, -0.25) is 4.79 Å². The van der Waals surface area contributed by atoms with Gasteiger partial charge in [-0.15, -0.1) is 0 Å². The van der Waals surface area contributed by atoms with Crippen LogP contribution in [0.25, 0.3) is 0 Å². The Hall–Kier alpha value is -0.660. The number of nitrogens with one attached hydrogen (secondary N) is 1. The molecule has 0 aromatic rings. The van der Waals surface area contributed by atoms with Crippen molar-refractivity contribution in [2.24, 2.45) is 5.92 Å². The van der Waals surface area contributed by atoms with Crippen LogP contribution in [0.15, 0.2) is 0 Å². The lowest BCUT2D eigenvalue weighted by Crippen LogP contribution is -2.46. The van der Waals surface area contributed by atoms with Crippen molar-refractivity contribution in [1.29, 1.82) is 0 Å². The van der Waals surface area contributed by atoms with Crippen LogP contribution < -0.4 is 5.32 Å². The summed E-state index contributed by atoms with van der Waals surface area (Å²) in [5, 5.41) is 3.01. The molecule has 6 nitrogen and oxygen atoms in total. The molecule has 1 N–H and O–H groups in total. The second-order valence-electron chi connectivity index (χ2n) is 7.00. The molecule has 0 saturated carbocycles. The van der Waals surface area contributed by atoms with E-state index in [0.717, 1.165) is 25.8 Å². The van der Waals surface area contributed by atoms with Gasteiger partial charge >= 0.3 is 0 Å². The third-order valence-corrected chi connectivity index (χ3v) is 7.01. The van der Waals surface area contributed by atoms with Crippen LogP contribution in [0.2, 0.25) is 0 Å². The Balaban J connectivity index is 1.68. The molecule has 1 atom stereocenters. The molecule has 2 saturated heterocycles. The first kappa shape index (κ1) is 19.7. The fourth-order valence-corrected chi connectivity index (χ4v) is 4.79. The number of carbonyl (C=O) groups excluding carboxylic acids is 1. The molecule has 2 heterocycles. The molecule has 1 amide bonds. The first-order valence-corrected chi connectivity index (χ1v) is 11.1. The number of hydrogen-bond donors (Lipinski definition) is 1. The van der Waals surface area contributed by atoms with Crippen molar-refractivity contribution in [2.45, 2.75) is 51.9 Å². The Kier molecular flexibility index (Phi) is 7.97. The summed E-state index contributed by atoms with van der Waals surface area (Å²) in [6.07, 6.45) is 7.78. The van der Waals surface area contributed by atoms with Crippen LogP contribution in [0, 0.1) is 5.92 Å². The summed E-state index contributed by atoms with van der Waals surface area (Å²) in [5.41, 5.74) is 0. The quantitative estimate of drug-likeness (QED) is 0.698. The van der Waals surface area contributed by atoms with E-state index in [1.807, 2.05) is 0 Å². The van der Waals surface area contributed by atoms with Crippen molar-refractivity contribution in [3.63, 3.8) is 0 Å². The van der Waals surface area contributed by atoms with Crippen molar-refractivity contribution in [3.05, 3.63) is 0 Å². The van der Waals surface area contributed by atoms with Crippen LogP contribution in [-0.4, -0.2) is 68.6 Å². The summed E-state index contributed by atoms with van der Waals surface area (Å²) in [6, 6.07) is 0. The maximum Gasteiger partial charge on any atom is 0.224 e. The first-order chi connectivity index (χ1) is 11.5. The van der Waals surface area contributed by atoms with Crippen molar-refractivity contribution >= 4 is 15.9 Å². The van der Waals surface area contributed by atoms with E-state index in [4.69, 9.17) is 0 Å². The topological polar surface area (TPSA) is 69.7 Å². The smallest absolute Gasteiger partial charge is 0.224 e. The summed E-state index contributed by atoms with van der Waals surface area (Å²) in [7, 11) is -3.18.